The fraction of sp³-hybridized carbons (Fsp3) is 0.0741. The van der Waals surface area contributed by atoms with E-state index in [4.69, 9.17) is 10.2 Å². The molecule has 0 aliphatic heterocycles. The van der Waals surface area contributed by atoms with Gasteiger partial charge in [-0.05, 0) is 48.5 Å². The molecule has 0 aromatic heterocycles. The maximum absolute atomic E-state index is 11.8. The summed E-state index contributed by atoms with van der Waals surface area (Å²) in [4.78, 5) is 0. The first-order valence-electron chi connectivity index (χ1n) is 10.2. The predicted molar refractivity (Wildman–Crippen MR) is 123 cm³/mol. The van der Waals surface area contributed by atoms with Crippen LogP contribution in [0.1, 0.15) is 11.1 Å². The normalized spacial score (nSPS) is 11.1. The van der Waals surface area contributed by atoms with Crippen molar-refractivity contribution in [2.45, 2.75) is 12.4 Å². The van der Waals surface area contributed by atoms with Crippen LogP contribution in [0.4, 0.5) is 26.3 Å². The Morgan fingerprint density at radius 1 is 0.472 bits per heavy atom. The Bertz CT molecular complexity index is 1270. The number of fused-ring (bicyclic) bond motifs is 3. The van der Waals surface area contributed by atoms with Crippen molar-refractivity contribution in [1.82, 2.24) is 0 Å². The minimum atomic E-state index is -4.33. The van der Waals surface area contributed by atoms with Crippen LogP contribution >= 0.6 is 0 Å². The molecule has 0 heterocycles. The molecule has 0 saturated carbocycles. The fourth-order valence-corrected chi connectivity index (χ4v) is 3.20. The topological polar surface area (TPSA) is 40.5 Å². The monoisotopic (exact) mass is 579 g/mol. The van der Waals surface area contributed by atoms with Gasteiger partial charge in [0.2, 0.25) is 0 Å². The number of rotatable bonds is 0. The SMILES string of the molecule is Oc1ccc(C(F)(F)F)cc1.Oc1ccc(C(F)(F)F)cc1.[Zr].c1ccc2c(c1)[cH-]c1ccccc12. The average molecular weight is 581 g/mol. The molecule has 0 fully saturated rings. The molecule has 2 N–H and O–H groups in total. The van der Waals surface area contributed by atoms with Crippen molar-refractivity contribution in [1.29, 1.82) is 0 Å². The van der Waals surface area contributed by atoms with Crippen LogP contribution in [0.3, 0.4) is 0 Å². The quantitative estimate of drug-likeness (QED) is 0.142. The maximum Gasteiger partial charge on any atom is 0.416 e. The Hall–Kier alpha value is -3.19. The van der Waals surface area contributed by atoms with E-state index in [0.717, 1.165) is 48.5 Å². The third-order valence-corrected chi connectivity index (χ3v) is 4.91. The van der Waals surface area contributed by atoms with Gasteiger partial charge in [0.1, 0.15) is 11.5 Å². The Kier molecular flexibility index (Phi) is 9.82. The van der Waals surface area contributed by atoms with Gasteiger partial charge in [-0.1, -0.05) is 36.4 Å². The predicted octanol–water partition coefficient (Wildman–Crippen LogP) is 8.53. The third kappa shape index (κ3) is 7.92. The molecule has 0 radical (unpaired) electrons. The molecule has 0 saturated heterocycles. The molecule has 0 unspecified atom stereocenters. The molecular weight excluding hydrogens is 562 g/mol. The molecule has 36 heavy (non-hydrogen) atoms. The molecule has 0 bridgehead atoms. The van der Waals surface area contributed by atoms with E-state index in [1.54, 1.807) is 0 Å². The van der Waals surface area contributed by atoms with Gasteiger partial charge in [0.15, 0.2) is 0 Å². The largest absolute Gasteiger partial charge is 0.508 e. The molecule has 0 atom stereocenters. The molecule has 9 heteroatoms. The molecule has 0 spiro atoms. The zero-order valence-electron chi connectivity index (χ0n) is 18.5. The van der Waals surface area contributed by atoms with Gasteiger partial charge in [-0.2, -0.15) is 26.3 Å². The van der Waals surface area contributed by atoms with Crippen molar-refractivity contribution >= 4 is 21.5 Å². The second-order valence-corrected chi connectivity index (χ2v) is 7.41. The average Bonchev–Trinajstić information content (AvgIpc) is 3.18. The first-order chi connectivity index (χ1) is 16.4. The molecule has 2 nitrogen and oxygen atoms in total. The van der Waals surface area contributed by atoms with Gasteiger partial charge in [-0.3, -0.25) is 0 Å². The summed E-state index contributed by atoms with van der Waals surface area (Å²) in [6.45, 7) is 0. The molecule has 5 rings (SSSR count). The molecule has 0 amide bonds. The van der Waals surface area contributed by atoms with Crippen LogP contribution in [0.15, 0.2) is 103 Å². The van der Waals surface area contributed by atoms with Crippen molar-refractivity contribution < 1.29 is 62.8 Å². The zero-order chi connectivity index (χ0) is 25.6. The van der Waals surface area contributed by atoms with Crippen LogP contribution in [0.2, 0.25) is 0 Å². The van der Waals surface area contributed by atoms with Gasteiger partial charge < -0.3 is 10.2 Å². The number of phenols is 2. The van der Waals surface area contributed by atoms with E-state index in [9.17, 15) is 26.3 Å². The molecule has 186 valence electrons. The third-order valence-electron chi connectivity index (χ3n) is 4.91. The van der Waals surface area contributed by atoms with Crippen LogP contribution in [0, 0.1) is 0 Å². The van der Waals surface area contributed by atoms with Crippen LogP contribution in [0.25, 0.3) is 21.5 Å². The summed E-state index contributed by atoms with van der Waals surface area (Å²) in [6, 6.07) is 26.6. The number of hydrogen-bond donors (Lipinski definition) is 2. The number of benzene rings is 4. The Morgan fingerprint density at radius 2 is 0.778 bits per heavy atom. The number of alkyl halides is 6. The van der Waals surface area contributed by atoms with Crippen molar-refractivity contribution in [3.05, 3.63) is 114 Å². The van der Waals surface area contributed by atoms with Gasteiger partial charge in [-0.15, -0.1) is 39.7 Å². The molecule has 5 aromatic carbocycles. The van der Waals surface area contributed by atoms with E-state index in [-0.39, 0.29) is 37.7 Å². The zero-order valence-corrected chi connectivity index (χ0v) is 20.9. The summed E-state index contributed by atoms with van der Waals surface area (Å²) in [5, 5.41) is 22.7. The number of aromatic hydroxyl groups is 2. The van der Waals surface area contributed by atoms with Crippen LogP contribution in [0.5, 0.6) is 11.5 Å². The minimum absolute atomic E-state index is 0. The van der Waals surface area contributed by atoms with E-state index in [2.05, 4.69) is 54.6 Å². The Balaban J connectivity index is 0.000000189. The Morgan fingerprint density at radius 3 is 1.08 bits per heavy atom. The molecule has 0 aliphatic carbocycles. The van der Waals surface area contributed by atoms with Crippen LogP contribution in [-0.4, -0.2) is 10.2 Å². The number of hydrogen-bond acceptors (Lipinski definition) is 2. The van der Waals surface area contributed by atoms with Gasteiger partial charge in [0, 0.05) is 26.2 Å². The standard InChI is InChI=1S/C13H9.2C7H5F3O.Zr/c1-3-7-12-10(5-1)9-11-6-2-4-8-13(11)12;2*8-7(9,10)5-1-3-6(11)4-2-5;/h1-9H;2*1-4,11H;/q-1;;;. The minimum Gasteiger partial charge on any atom is -0.508 e. The Labute approximate surface area is 221 Å². The van der Waals surface area contributed by atoms with E-state index in [1.807, 2.05) is 0 Å². The summed E-state index contributed by atoms with van der Waals surface area (Å²) in [5.74, 6) is -0.337. The van der Waals surface area contributed by atoms with E-state index >= 15 is 0 Å². The van der Waals surface area contributed by atoms with Gasteiger partial charge in [0.05, 0.1) is 11.1 Å². The van der Waals surface area contributed by atoms with Gasteiger partial charge in [0.25, 0.3) is 0 Å². The van der Waals surface area contributed by atoms with E-state index in [1.165, 1.54) is 21.5 Å². The smallest absolute Gasteiger partial charge is 0.416 e. The molecule has 5 aromatic rings. The van der Waals surface area contributed by atoms with Crippen molar-refractivity contribution in [3.8, 4) is 11.5 Å². The second-order valence-electron chi connectivity index (χ2n) is 7.41. The van der Waals surface area contributed by atoms with Crippen molar-refractivity contribution in [2.24, 2.45) is 0 Å². The van der Waals surface area contributed by atoms with Gasteiger partial charge in [-0.25, -0.2) is 0 Å². The maximum atomic E-state index is 11.8. The molecule has 0 aliphatic rings. The summed E-state index contributed by atoms with van der Waals surface area (Å²) in [6.07, 6.45) is -8.65. The van der Waals surface area contributed by atoms with Crippen LogP contribution < -0.4 is 0 Å². The second kappa shape index (κ2) is 12.2. The first-order valence-corrected chi connectivity index (χ1v) is 10.2. The summed E-state index contributed by atoms with van der Waals surface area (Å²) in [5.41, 5.74) is -1.51. The molecular formula is C27H19F6O2Zr-. The van der Waals surface area contributed by atoms with E-state index in [0.29, 0.717) is 0 Å². The first kappa shape index (κ1) is 29.0. The van der Waals surface area contributed by atoms with Crippen molar-refractivity contribution in [2.75, 3.05) is 0 Å². The fourth-order valence-electron chi connectivity index (χ4n) is 3.20. The number of phenolic OH excluding ortho intramolecular Hbond substituents is 2. The summed E-state index contributed by atoms with van der Waals surface area (Å²) < 4.78 is 71.0. The van der Waals surface area contributed by atoms with E-state index < -0.39 is 23.5 Å². The summed E-state index contributed by atoms with van der Waals surface area (Å²) >= 11 is 0. The van der Waals surface area contributed by atoms with Crippen LogP contribution in [-0.2, 0) is 38.6 Å². The number of halogens is 6. The summed E-state index contributed by atoms with van der Waals surface area (Å²) in [7, 11) is 0. The van der Waals surface area contributed by atoms with Crippen molar-refractivity contribution in [3.63, 3.8) is 0 Å². The van der Waals surface area contributed by atoms with Gasteiger partial charge >= 0.3 is 12.4 Å².